The number of nitrogens with zero attached hydrogens (tertiary/aromatic N) is 2. The number of aromatic amines is 1. The zero-order valence-corrected chi connectivity index (χ0v) is 22.1. The summed E-state index contributed by atoms with van der Waals surface area (Å²) < 4.78 is 6.51. The minimum atomic E-state index is -0.700. The molecule has 2 unspecified atom stereocenters. The lowest BCUT2D eigenvalue weighted by Gasteiger charge is -2.32. The third-order valence-electron chi connectivity index (χ3n) is 7.32. The van der Waals surface area contributed by atoms with E-state index in [9.17, 15) is 9.90 Å². The van der Waals surface area contributed by atoms with Crippen LogP contribution in [-0.4, -0.2) is 45.8 Å². The van der Waals surface area contributed by atoms with Crippen LogP contribution in [0.5, 0.6) is 5.75 Å². The second kappa shape index (κ2) is 10.4. The minimum absolute atomic E-state index is 0.134. The van der Waals surface area contributed by atoms with Gasteiger partial charge < -0.3 is 9.84 Å². The van der Waals surface area contributed by atoms with Crippen LogP contribution >= 0.6 is 23.2 Å². The molecule has 3 aromatic rings. The summed E-state index contributed by atoms with van der Waals surface area (Å²) in [5, 5.41) is 18.7. The van der Waals surface area contributed by atoms with E-state index in [4.69, 9.17) is 27.9 Å². The van der Waals surface area contributed by atoms with Crippen molar-refractivity contribution in [1.29, 1.82) is 0 Å². The molecule has 0 saturated carbocycles. The number of hydrogen-bond donors (Lipinski definition) is 2. The zero-order chi connectivity index (χ0) is 25.4. The molecule has 0 amide bonds. The van der Waals surface area contributed by atoms with Crippen molar-refractivity contribution in [2.24, 2.45) is 11.8 Å². The summed E-state index contributed by atoms with van der Waals surface area (Å²) in [5.41, 5.74) is 5.30. The van der Waals surface area contributed by atoms with Gasteiger partial charge in [0.25, 0.3) is 0 Å². The highest BCUT2D eigenvalue weighted by atomic mass is 35.5. The molecular weight excluding hydrogens is 497 g/mol. The summed E-state index contributed by atoms with van der Waals surface area (Å²) in [6, 6.07) is 12.2. The highest BCUT2D eigenvalue weighted by Crippen LogP contribution is 2.38. The molecule has 2 aliphatic rings. The number of aliphatic carboxylic acids is 1. The molecule has 1 aliphatic carbocycles. The lowest BCUT2D eigenvalue weighted by Crippen LogP contribution is -2.39. The number of benzene rings is 2. The van der Waals surface area contributed by atoms with Gasteiger partial charge in [0.05, 0.1) is 11.4 Å². The SMILES string of the molecule is CC(C)C(Oc1ccc2c(c1)CCC(CN1CCCC(C(=O)O)C1)=C2Cl)c1ccc2n[nH]c(Cl)c2c1. The smallest absolute Gasteiger partial charge is 0.307 e. The first-order chi connectivity index (χ1) is 17.3. The monoisotopic (exact) mass is 527 g/mol. The van der Waals surface area contributed by atoms with E-state index in [1.165, 1.54) is 11.1 Å². The fraction of sp³-hybridized carbons (Fsp3) is 0.429. The maximum absolute atomic E-state index is 11.4. The Balaban J connectivity index is 1.34. The fourth-order valence-corrected chi connectivity index (χ4v) is 5.91. The largest absolute Gasteiger partial charge is 0.485 e. The number of aryl methyl sites for hydroxylation is 1. The van der Waals surface area contributed by atoms with Crippen molar-refractivity contribution in [2.45, 2.75) is 45.6 Å². The molecule has 2 aromatic carbocycles. The van der Waals surface area contributed by atoms with Crippen LogP contribution in [-0.2, 0) is 11.2 Å². The lowest BCUT2D eigenvalue weighted by atomic mass is 9.90. The van der Waals surface area contributed by atoms with Crippen molar-refractivity contribution in [3.05, 3.63) is 63.8 Å². The molecule has 6 nitrogen and oxygen atoms in total. The fourth-order valence-electron chi connectivity index (χ4n) is 5.38. The Morgan fingerprint density at radius 3 is 2.83 bits per heavy atom. The summed E-state index contributed by atoms with van der Waals surface area (Å²) in [5.74, 6) is 0.0825. The molecule has 2 N–H and O–H groups in total. The summed E-state index contributed by atoms with van der Waals surface area (Å²) in [7, 11) is 0. The number of H-pyrrole nitrogens is 1. The number of nitrogens with one attached hydrogen (secondary N) is 1. The molecule has 1 aromatic heterocycles. The van der Waals surface area contributed by atoms with Crippen LogP contribution in [0.15, 0.2) is 42.0 Å². The molecule has 0 bridgehead atoms. The van der Waals surface area contributed by atoms with Crippen LogP contribution in [0.2, 0.25) is 5.15 Å². The normalized spacial score (nSPS) is 19.5. The van der Waals surface area contributed by atoms with Gasteiger partial charge >= 0.3 is 5.97 Å². The Hall–Kier alpha value is -2.54. The maximum Gasteiger partial charge on any atom is 0.307 e. The van der Waals surface area contributed by atoms with Crippen LogP contribution in [0, 0.1) is 11.8 Å². The van der Waals surface area contributed by atoms with Gasteiger partial charge in [-0.15, -0.1) is 0 Å². The molecule has 36 heavy (non-hydrogen) atoms. The van der Waals surface area contributed by atoms with Gasteiger partial charge in [0, 0.05) is 23.5 Å². The van der Waals surface area contributed by atoms with Crippen molar-refractivity contribution >= 4 is 45.1 Å². The van der Waals surface area contributed by atoms with Gasteiger partial charge in [0.15, 0.2) is 0 Å². The van der Waals surface area contributed by atoms with Crippen molar-refractivity contribution in [3.8, 4) is 5.75 Å². The van der Waals surface area contributed by atoms with E-state index in [2.05, 4.69) is 41.1 Å². The first-order valence-electron chi connectivity index (χ1n) is 12.6. The average molecular weight is 528 g/mol. The first kappa shape index (κ1) is 25.1. The maximum atomic E-state index is 11.4. The topological polar surface area (TPSA) is 78.4 Å². The Morgan fingerprint density at radius 1 is 1.22 bits per heavy atom. The van der Waals surface area contributed by atoms with Crippen LogP contribution in [0.25, 0.3) is 15.9 Å². The number of ether oxygens (including phenoxy) is 1. The quantitative estimate of drug-likeness (QED) is 0.358. The highest BCUT2D eigenvalue weighted by molar-refractivity contribution is 6.49. The summed E-state index contributed by atoms with van der Waals surface area (Å²) in [6.07, 6.45) is 3.29. The molecular formula is C28H31Cl2N3O3. The minimum Gasteiger partial charge on any atom is -0.485 e. The number of piperidine rings is 1. The van der Waals surface area contributed by atoms with Crippen molar-refractivity contribution in [3.63, 3.8) is 0 Å². The summed E-state index contributed by atoms with van der Waals surface area (Å²) in [6.45, 7) is 6.53. The predicted molar refractivity (Wildman–Crippen MR) is 144 cm³/mol. The van der Waals surface area contributed by atoms with E-state index in [1.54, 1.807) is 0 Å². The highest BCUT2D eigenvalue weighted by Gasteiger charge is 2.28. The van der Waals surface area contributed by atoms with E-state index >= 15 is 0 Å². The summed E-state index contributed by atoms with van der Waals surface area (Å²) in [4.78, 5) is 13.7. The number of carboxylic acids is 1. The summed E-state index contributed by atoms with van der Waals surface area (Å²) >= 11 is 13.1. The molecule has 1 fully saturated rings. The van der Waals surface area contributed by atoms with Crippen molar-refractivity contribution < 1.29 is 14.6 Å². The number of fused-ring (bicyclic) bond motifs is 2. The lowest BCUT2D eigenvalue weighted by molar-refractivity contribution is -0.143. The Bertz CT molecular complexity index is 1320. The molecule has 2 atom stereocenters. The average Bonchev–Trinajstić information content (AvgIpc) is 3.24. The molecule has 5 rings (SSSR count). The molecule has 1 saturated heterocycles. The van der Waals surface area contributed by atoms with E-state index < -0.39 is 5.97 Å². The Morgan fingerprint density at radius 2 is 2.06 bits per heavy atom. The van der Waals surface area contributed by atoms with E-state index in [1.807, 2.05) is 24.3 Å². The third-order valence-corrected chi connectivity index (χ3v) is 8.08. The van der Waals surface area contributed by atoms with Crippen LogP contribution in [0.1, 0.15) is 55.9 Å². The second-order valence-corrected chi connectivity index (χ2v) is 11.0. The molecule has 0 spiro atoms. The molecule has 8 heteroatoms. The number of hydrogen-bond acceptors (Lipinski definition) is 4. The van der Waals surface area contributed by atoms with Crippen LogP contribution in [0.4, 0.5) is 0 Å². The number of likely N-dealkylation sites (tertiary alicyclic amines) is 1. The zero-order valence-electron chi connectivity index (χ0n) is 20.6. The number of halogens is 2. The predicted octanol–water partition coefficient (Wildman–Crippen LogP) is 6.69. The second-order valence-electron chi connectivity index (χ2n) is 10.2. The van der Waals surface area contributed by atoms with E-state index in [0.717, 1.165) is 71.6 Å². The van der Waals surface area contributed by atoms with Crippen molar-refractivity contribution in [1.82, 2.24) is 15.1 Å². The first-order valence-corrected chi connectivity index (χ1v) is 13.3. The molecule has 1 aliphatic heterocycles. The van der Waals surface area contributed by atoms with Gasteiger partial charge in [0.2, 0.25) is 0 Å². The standard InChI is InChI=1S/C28H31Cl2N3O3/c1-16(2)26(18-7-10-24-23(13-18)27(30)32-31-24)36-21-8-9-22-17(12-21)5-6-19(25(22)29)14-33-11-3-4-20(15-33)28(34)35/h7-10,12-13,16,20,26H,3-6,11,14-15H2,1-2H3,(H,31,32)(H,34,35). The molecule has 0 radical (unpaired) electrons. The number of carboxylic acid groups (broad SMARTS) is 1. The number of carbonyl (C=O) groups is 1. The van der Waals surface area contributed by atoms with E-state index in [0.29, 0.717) is 11.7 Å². The Kier molecular flexibility index (Phi) is 7.29. The van der Waals surface area contributed by atoms with Crippen LogP contribution in [0.3, 0.4) is 0 Å². The van der Waals surface area contributed by atoms with Gasteiger partial charge in [-0.25, -0.2) is 0 Å². The van der Waals surface area contributed by atoms with Gasteiger partial charge in [-0.2, -0.15) is 5.10 Å². The van der Waals surface area contributed by atoms with Crippen LogP contribution < -0.4 is 4.74 Å². The van der Waals surface area contributed by atoms with Gasteiger partial charge in [-0.3, -0.25) is 14.8 Å². The number of aromatic nitrogens is 2. The van der Waals surface area contributed by atoms with E-state index in [-0.39, 0.29) is 17.9 Å². The van der Waals surface area contributed by atoms with Crippen molar-refractivity contribution in [2.75, 3.05) is 19.6 Å². The van der Waals surface area contributed by atoms with Gasteiger partial charge in [0.1, 0.15) is 17.0 Å². The van der Waals surface area contributed by atoms with Gasteiger partial charge in [-0.05, 0) is 90.7 Å². The van der Waals surface area contributed by atoms with Gasteiger partial charge in [-0.1, -0.05) is 43.1 Å². The third kappa shape index (κ3) is 5.13. The number of rotatable bonds is 7. The molecule has 2 heterocycles. The molecule has 190 valence electrons. The Labute approximate surface area is 221 Å².